The number of esters is 1. The van der Waals surface area contributed by atoms with Crippen molar-refractivity contribution in [2.45, 2.75) is 33.7 Å². The summed E-state index contributed by atoms with van der Waals surface area (Å²) in [5.41, 5.74) is 4.65. The highest BCUT2D eigenvalue weighted by Gasteiger charge is 2.13. The van der Waals surface area contributed by atoms with E-state index in [0.29, 0.717) is 28.0 Å². The summed E-state index contributed by atoms with van der Waals surface area (Å²) >= 11 is 11.6. The first-order valence-electron chi connectivity index (χ1n) is 8.43. The summed E-state index contributed by atoms with van der Waals surface area (Å²) in [5, 5.41) is 7.18. The molecule has 0 radical (unpaired) electrons. The maximum Gasteiger partial charge on any atom is 0.339 e. The van der Waals surface area contributed by atoms with Crippen molar-refractivity contribution < 1.29 is 9.53 Å². The summed E-state index contributed by atoms with van der Waals surface area (Å²) in [6.45, 7) is 8.27. The summed E-state index contributed by atoms with van der Waals surface area (Å²) in [6.07, 6.45) is 0. The van der Waals surface area contributed by atoms with Gasteiger partial charge in [-0.05, 0) is 69.2 Å². The molecular formula is C20H23ClN2O2S. The molecule has 0 aliphatic rings. The zero-order chi connectivity index (χ0) is 19.3. The van der Waals surface area contributed by atoms with E-state index in [2.05, 4.69) is 49.6 Å². The third-order valence-electron chi connectivity index (χ3n) is 3.97. The van der Waals surface area contributed by atoms with Gasteiger partial charge in [-0.1, -0.05) is 35.4 Å². The zero-order valence-electron chi connectivity index (χ0n) is 15.4. The molecule has 2 N–H and O–H groups in total. The summed E-state index contributed by atoms with van der Waals surface area (Å²) in [5.74, 6) is -0.437. The molecule has 2 aromatic rings. The summed E-state index contributed by atoms with van der Waals surface area (Å²) in [4.78, 5) is 11.8. The quantitative estimate of drug-likeness (QED) is 0.544. The van der Waals surface area contributed by atoms with E-state index >= 15 is 0 Å². The molecule has 0 unspecified atom stereocenters. The Morgan fingerprint density at radius 2 is 1.96 bits per heavy atom. The summed E-state index contributed by atoms with van der Waals surface area (Å²) in [6, 6.07) is 11.4. The standard InChI is InChI=1S/C20H23ClN2O2S/c1-5-25-19(24)16-9-8-15(11-18(16)21)23-20(26)22-14(4)17-10-12(2)6-7-13(17)3/h6-11,14H,5H2,1-4H3,(H2,22,23,26)/t14-/m0/s1. The number of hydrogen-bond acceptors (Lipinski definition) is 3. The molecule has 0 saturated carbocycles. The van der Waals surface area contributed by atoms with Crippen LogP contribution in [0.4, 0.5) is 5.69 Å². The van der Waals surface area contributed by atoms with Gasteiger partial charge in [0.2, 0.25) is 0 Å². The fraction of sp³-hybridized carbons (Fsp3) is 0.300. The highest BCUT2D eigenvalue weighted by molar-refractivity contribution is 7.80. The molecule has 1 atom stereocenters. The third-order valence-corrected chi connectivity index (χ3v) is 4.50. The molecule has 6 heteroatoms. The van der Waals surface area contributed by atoms with Crippen molar-refractivity contribution in [3.05, 3.63) is 63.7 Å². The van der Waals surface area contributed by atoms with Crippen LogP contribution in [0.15, 0.2) is 36.4 Å². The van der Waals surface area contributed by atoms with Crippen molar-refractivity contribution in [3.63, 3.8) is 0 Å². The number of benzene rings is 2. The van der Waals surface area contributed by atoms with Gasteiger partial charge in [0.15, 0.2) is 5.11 Å². The van der Waals surface area contributed by atoms with Crippen molar-refractivity contribution in [1.29, 1.82) is 0 Å². The summed E-state index contributed by atoms with van der Waals surface area (Å²) in [7, 11) is 0. The Morgan fingerprint density at radius 1 is 1.23 bits per heavy atom. The maximum atomic E-state index is 11.8. The molecular weight excluding hydrogens is 368 g/mol. The highest BCUT2D eigenvalue weighted by Crippen LogP contribution is 2.23. The van der Waals surface area contributed by atoms with Gasteiger partial charge in [-0.2, -0.15) is 0 Å². The van der Waals surface area contributed by atoms with E-state index in [9.17, 15) is 4.79 Å². The van der Waals surface area contributed by atoms with Crippen LogP contribution in [0, 0.1) is 13.8 Å². The molecule has 26 heavy (non-hydrogen) atoms. The second kappa shape index (κ2) is 9.01. The van der Waals surface area contributed by atoms with E-state index < -0.39 is 5.97 Å². The molecule has 4 nitrogen and oxygen atoms in total. The zero-order valence-corrected chi connectivity index (χ0v) is 16.9. The molecule has 0 aliphatic heterocycles. The third kappa shape index (κ3) is 5.19. The van der Waals surface area contributed by atoms with Gasteiger partial charge in [0.25, 0.3) is 0 Å². The van der Waals surface area contributed by atoms with Crippen LogP contribution in [0.25, 0.3) is 0 Å². The molecule has 138 valence electrons. The Hall–Kier alpha value is -2.11. The SMILES string of the molecule is CCOC(=O)c1ccc(NC(=S)N[C@@H](C)c2cc(C)ccc2C)cc1Cl. The van der Waals surface area contributed by atoms with Gasteiger partial charge in [-0.15, -0.1) is 0 Å². The molecule has 0 spiro atoms. The van der Waals surface area contributed by atoms with Crippen molar-refractivity contribution in [2.75, 3.05) is 11.9 Å². The van der Waals surface area contributed by atoms with Gasteiger partial charge in [0, 0.05) is 5.69 Å². The minimum atomic E-state index is -0.437. The van der Waals surface area contributed by atoms with E-state index in [1.807, 2.05) is 0 Å². The van der Waals surface area contributed by atoms with Crippen LogP contribution in [0.2, 0.25) is 5.02 Å². The van der Waals surface area contributed by atoms with Gasteiger partial charge in [0.05, 0.1) is 23.2 Å². The first-order chi connectivity index (χ1) is 12.3. The van der Waals surface area contributed by atoms with Crippen molar-refractivity contribution >= 4 is 40.6 Å². The lowest BCUT2D eigenvalue weighted by molar-refractivity contribution is 0.0526. The largest absolute Gasteiger partial charge is 0.462 e. The molecule has 2 rings (SSSR count). The lowest BCUT2D eigenvalue weighted by Crippen LogP contribution is -2.31. The molecule has 0 aliphatic carbocycles. The minimum absolute atomic E-state index is 0.0594. The van der Waals surface area contributed by atoms with Gasteiger partial charge < -0.3 is 15.4 Å². The Bertz CT molecular complexity index is 823. The van der Waals surface area contributed by atoms with Crippen LogP contribution >= 0.6 is 23.8 Å². The number of anilines is 1. The lowest BCUT2D eigenvalue weighted by Gasteiger charge is -2.20. The number of rotatable bonds is 5. The first-order valence-corrected chi connectivity index (χ1v) is 9.21. The first kappa shape index (κ1) is 20.2. The van der Waals surface area contributed by atoms with Crippen LogP contribution in [-0.2, 0) is 4.74 Å². The number of ether oxygens (including phenoxy) is 1. The molecule has 0 aromatic heterocycles. The minimum Gasteiger partial charge on any atom is -0.462 e. The van der Waals surface area contributed by atoms with Crippen molar-refractivity contribution in [2.24, 2.45) is 0 Å². The smallest absolute Gasteiger partial charge is 0.339 e. The van der Waals surface area contributed by atoms with Gasteiger partial charge in [0.1, 0.15) is 0 Å². The number of aryl methyl sites for hydroxylation is 2. The average Bonchev–Trinajstić information content (AvgIpc) is 2.57. The molecule has 0 heterocycles. The molecule has 0 saturated heterocycles. The topological polar surface area (TPSA) is 50.4 Å². The average molecular weight is 391 g/mol. The predicted octanol–water partition coefficient (Wildman–Crippen LogP) is 5.18. The van der Waals surface area contributed by atoms with E-state index in [4.69, 9.17) is 28.6 Å². The van der Waals surface area contributed by atoms with Crippen molar-refractivity contribution in [3.8, 4) is 0 Å². The monoisotopic (exact) mass is 390 g/mol. The Labute approximate surface area is 164 Å². The van der Waals surface area contributed by atoms with Gasteiger partial charge in [-0.25, -0.2) is 4.79 Å². The Morgan fingerprint density at radius 3 is 2.62 bits per heavy atom. The van der Waals surface area contributed by atoms with Crippen LogP contribution in [-0.4, -0.2) is 17.7 Å². The fourth-order valence-electron chi connectivity index (χ4n) is 2.64. The predicted molar refractivity (Wildman–Crippen MR) is 111 cm³/mol. The Kier molecular flexibility index (Phi) is 7.00. The molecule has 2 aromatic carbocycles. The second-order valence-corrected chi connectivity index (χ2v) is 6.91. The second-order valence-electron chi connectivity index (χ2n) is 6.10. The lowest BCUT2D eigenvalue weighted by atomic mass is 10.0. The number of thiocarbonyl (C=S) groups is 1. The molecule has 0 bridgehead atoms. The maximum absolute atomic E-state index is 11.8. The number of carbonyl (C=O) groups is 1. The fourth-order valence-corrected chi connectivity index (χ4v) is 3.19. The van der Waals surface area contributed by atoms with E-state index in [1.54, 1.807) is 25.1 Å². The number of nitrogens with one attached hydrogen (secondary N) is 2. The van der Waals surface area contributed by atoms with E-state index in [0.717, 1.165) is 0 Å². The van der Waals surface area contributed by atoms with E-state index in [1.165, 1.54) is 16.7 Å². The molecule has 0 amide bonds. The van der Waals surface area contributed by atoms with Crippen molar-refractivity contribution in [1.82, 2.24) is 5.32 Å². The van der Waals surface area contributed by atoms with Crippen LogP contribution in [0.3, 0.4) is 0 Å². The number of carbonyl (C=O) groups excluding carboxylic acids is 1. The number of halogens is 1. The van der Waals surface area contributed by atoms with Crippen LogP contribution < -0.4 is 10.6 Å². The normalized spacial score (nSPS) is 11.6. The Balaban J connectivity index is 2.04. The summed E-state index contributed by atoms with van der Waals surface area (Å²) < 4.78 is 4.97. The molecule has 0 fully saturated rings. The van der Waals surface area contributed by atoms with Crippen LogP contribution in [0.1, 0.15) is 46.9 Å². The number of hydrogen-bond donors (Lipinski definition) is 2. The highest BCUT2D eigenvalue weighted by atomic mass is 35.5. The van der Waals surface area contributed by atoms with Crippen LogP contribution in [0.5, 0.6) is 0 Å². The van der Waals surface area contributed by atoms with Gasteiger partial charge in [-0.3, -0.25) is 0 Å². The van der Waals surface area contributed by atoms with E-state index in [-0.39, 0.29) is 6.04 Å². The van der Waals surface area contributed by atoms with Gasteiger partial charge >= 0.3 is 5.97 Å².